The van der Waals surface area contributed by atoms with E-state index in [2.05, 4.69) is 9.63 Å². The first-order valence-corrected chi connectivity index (χ1v) is 6.19. The average Bonchev–Trinajstić information content (AvgIpc) is 2.72. The molecule has 0 N–H and O–H groups in total. The lowest BCUT2D eigenvalue weighted by atomic mass is 10.2. The fourth-order valence-corrected chi connectivity index (χ4v) is 3.45. The summed E-state index contributed by atoms with van der Waals surface area (Å²) in [5.41, 5.74) is 1.37. The van der Waals surface area contributed by atoms with Gasteiger partial charge in [-0.25, -0.2) is 8.42 Å². The van der Waals surface area contributed by atoms with E-state index in [1.54, 1.807) is 23.6 Å². The highest BCUT2D eigenvalue weighted by Gasteiger charge is 2.25. The second-order valence-corrected chi connectivity index (χ2v) is 5.23. The van der Waals surface area contributed by atoms with Crippen LogP contribution < -0.4 is 0 Å². The molecule has 0 aliphatic carbocycles. The second-order valence-electron chi connectivity index (χ2n) is 2.86. The van der Waals surface area contributed by atoms with Gasteiger partial charge < -0.3 is 0 Å². The summed E-state index contributed by atoms with van der Waals surface area (Å²) in [5, 5.41) is 5.36. The molecule has 0 radical (unpaired) electrons. The van der Waals surface area contributed by atoms with Crippen molar-refractivity contribution in [2.75, 3.05) is 0 Å². The van der Waals surface area contributed by atoms with E-state index in [9.17, 15) is 8.42 Å². The van der Waals surface area contributed by atoms with Gasteiger partial charge in [-0.05, 0) is 18.2 Å². The van der Waals surface area contributed by atoms with Crippen molar-refractivity contribution in [3.8, 4) is 0 Å². The SMILES string of the molecule is O=S1C=Cc2c1ccc1c2S(=O)N=N1. The number of fused-ring (bicyclic) bond motifs is 3. The molecule has 0 spiro atoms. The second kappa shape index (κ2) is 2.68. The first kappa shape index (κ1) is 8.19. The highest BCUT2D eigenvalue weighted by molar-refractivity contribution is 7.88. The van der Waals surface area contributed by atoms with Crippen LogP contribution in [0.1, 0.15) is 5.56 Å². The Hall–Kier alpha value is -1.14. The van der Waals surface area contributed by atoms with Gasteiger partial charge in [0.1, 0.15) is 5.69 Å². The summed E-state index contributed by atoms with van der Waals surface area (Å²) in [4.78, 5) is 1.29. The Labute approximate surface area is 84.8 Å². The van der Waals surface area contributed by atoms with E-state index in [0.717, 1.165) is 5.56 Å². The van der Waals surface area contributed by atoms with Crippen molar-refractivity contribution < 1.29 is 8.42 Å². The van der Waals surface area contributed by atoms with Gasteiger partial charge in [0.2, 0.25) is 0 Å². The number of nitrogens with zero attached hydrogens (tertiary/aromatic N) is 2. The van der Waals surface area contributed by atoms with Crippen LogP contribution in [-0.4, -0.2) is 8.42 Å². The van der Waals surface area contributed by atoms with Crippen molar-refractivity contribution >= 4 is 33.5 Å². The summed E-state index contributed by atoms with van der Waals surface area (Å²) in [6.45, 7) is 0. The minimum atomic E-state index is -1.42. The molecule has 2 aliphatic heterocycles. The Morgan fingerprint density at radius 1 is 1.21 bits per heavy atom. The minimum Gasteiger partial charge on any atom is -0.250 e. The zero-order valence-corrected chi connectivity index (χ0v) is 8.47. The van der Waals surface area contributed by atoms with Gasteiger partial charge in [0, 0.05) is 11.0 Å². The van der Waals surface area contributed by atoms with E-state index in [-0.39, 0.29) is 0 Å². The van der Waals surface area contributed by atoms with Gasteiger partial charge in [-0.2, -0.15) is 0 Å². The summed E-state index contributed by atoms with van der Waals surface area (Å²) >= 11 is 0. The smallest absolute Gasteiger partial charge is 0.194 e. The maximum atomic E-state index is 11.4. The van der Waals surface area contributed by atoms with Crippen molar-refractivity contribution in [3.05, 3.63) is 23.1 Å². The van der Waals surface area contributed by atoms with Crippen LogP contribution in [0, 0.1) is 0 Å². The van der Waals surface area contributed by atoms with Crippen LogP contribution in [0.2, 0.25) is 0 Å². The van der Waals surface area contributed by atoms with Crippen LogP contribution in [0.4, 0.5) is 5.69 Å². The summed E-state index contributed by atoms with van der Waals surface area (Å²) < 4.78 is 26.5. The lowest BCUT2D eigenvalue weighted by Gasteiger charge is -2.00. The highest BCUT2D eigenvalue weighted by atomic mass is 32.2. The van der Waals surface area contributed by atoms with Crippen molar-refractivity contribution in [1.82, 2.24) is 0 Å². The molecule has 6 heteroatoms. The van der Waals surface area contributed by atoms with Crippen molar-refractivity contribution in [2.45, 2.75) is 9.79 Å². The van der Waals surface area contributed by atoms with Crippen LogP contribution in [0.5, 0.6) is 0 Å². The van der Waals surface area contributed by atoms with Crippen LogP contribution >= 0.6 is 0 Å². The Bertz CT molecular complexity index is 549. The Morgan fingerprint density at radius 3 is 2.93 bits per heavy atom. The van der Waals surface area contributed by atoms with Crippen molar-refractivity contribution in [1.29, 1.82) is 0 Å². The maximum Gasteiger partial charge on any atom is 0.194 e. The molecule has 1 aromatic carbocycles. The quantitative estimate of drug-likeness (QED) is 0.675. The zero-order valence-electron chi connectivity index (χ0n) is 6.84. The molecule has 2 atom stereocenters. The van der Waals surface area contributed by atoms with Gasteiger partial charge in [0.25, 0.3) is 0 Å². The predicted octanol–water partition coefficient (Wildman–Crippen LogP) is 1.90. The molecule has 4 nitrogen and oxygen atoms in total. The Balaban J connectivity index is 2.39. The number of benzene rings is 1. The number of hydrogen-bond acceptors (Lipinski definition) is 3. The molecule has 0 bridgehead atoms. The lowest BCUT2D eigenvalue weighted by molar-refractivity contribution is 0.684. The molecule has 0 amide bonds. The first-order valence-electron chi connectivity index (χ1n) is 3.87. The average molecular weight is 224 g/mol. The molecular weight excluding hydrogens is 220 g/mol. The molecule has 1 aromatic rings. The number of rotatable bonds is 0. The van der Waals surface area contributed by atoms with Gasteiger partial charge in [0.05, 0.1) is 20.6 Å². The molecule has 0 fully saturated rings. The molecule has 2 aliphatic rings. The van der Waals surface area contributed by atoms with Gasteiger partial charge in [-0.3, -0.25) is 0 Å². The van der Waals surface area contributed by atoms with E-state index in [1.807, 2.05) is 0 Å². The molecule has 0 aromatic heterocycles. The lowest BCUT2D eigenvalue weighted by Crippen LogP contribution is -1.90. The van der Waals surface area contributed by atoms with E-state index >= 15 is 0 Å². The summed E-state index contributed by atoms with van der Waals surface area (Å²) in [6, 6.07) is 3.44. The predicted molar refractivity (Wildman–Crippen MR) is 52.8 cm³/mol. The largest absolute Gasteiger partial charge is 0.250 e. The van der Waals surface area contributed by atoms with Gasteiger partial charge >= 0.3 is 0 Å². The fourth-order valence-electron chi connectivity index (χ4n) is 1.49. The van der Waals surface area contributed by atoms with Crippen LogP contribution in [-0.2, 0) is 21.8 Å². The molecular formula is C8H4N2O2S2. The van der Waals surface area contributed by atoms with Crippen molar-refractivity contribution in [3.63, 3.8) is 0 Å². The topological polar surface area (TPSA) is 58.9 Å². The Morgan fingerprint density at radius 2 is 2.07 bits per heavy atom. The summed E-state index contributed by atoms with van der Waals surface area (Å²) in [6.07, 6.45) is 1.72. The first-order chi connectivity index (χ1) is 6.77. The number of hydrogen-bond donors (Lipinski definition) is 0. The normalized spacial score (nSPS) is 26.6. The van der Waals surface area contributed by atoms with Crippen LogP contribution in [0.25, 0.3) is 6.08 Å². The van der Waals surface area contributed by atoms with E-state index in [4.69, 9.17) is 0 Å². The van der Waals surface area contributed by atoms with Crippen LogP contribution in [0.3, 0.4) is 0 Å². The Kier molecular flexibility index (Phi) is 1.57. The fraction of sp³-hybridized carbons (Fsp3) is 0. The summed E-state index contributed by atoms with van der Waals surface area (Å²) in [5.74, 6) is 0. The minimum absolute atomic E-state index is 0.588. The van der Waals surface area contributed by atoms with Crippen LogP contribution in [0.15, 0.2) is 37.0 Å². The van der Waals surface area contributed by atoms with Gasteiger partial charge in [-0.15, -0.1) is 5.11 Å². The summed E-state index contributed by atoms with van der Waals surface area (Å²) in [7, 11) is -2.53. The molecule has 3 rings (SSSR count). The molecule has 2 heterocycles. The highest BCUT2D eigenvalue weighted by Crippen LogP contribution is 2.39. The van der Waals surface area contributed by atoms with E-state index < -0.39 is 21.8 Å². The monoisotopic (exact) mass is 224 g/mol. The molecule has 2 unspecified atom stereocenters. The van der Waals surface area contributed by atoms with E-state index in [0.29, 0.717) is 15.5 Å². The maximum absolute atomic E-state index is 11.4. The standard InChI is InChI=1S/C8H4N2O2S2/c11-13-4-3-5-7(13)2-1-6-8(5)14(12)10-9-6/h1-4H. The molecule has 0 saturated heterocycles. The zero-order chi connectivity index (χ0) is 9.71. The van der Waals surface area contributed by atoms with Crippen molar-refractivity contribution in [2.24, 2.45) is 9.63 Å². The third kappa shape index (κ3) is 0.921. The molecule has 70 valence electrons. The molecule has 0 saturated carbocycles. The van der Waals surface area contributed by atoms with Gasteiger partial charge in [0.15, 0.2) is 11.0 Å². The van der Waals surface area contributed by atoms with E-state index in [1.165, 1.54) is 0 Å². The molecule has 14 heavy (non-hydrogen) atoms. The third-order valence-electron chi connectivity index (χ3n) is 2.11. The van der Waals surface area contributed by atoms with Gasteiger partial charge in [-0.1, -0.05) is 4.52 Å². The third-order valence-corrected chi connectivity index (χ3v) is 4.29.